The maximum Gasteiger partial charge on any atom is 0.293 e. The zero-order valence-electron chi connectivity index (χ0n) is 21.6. The van der Waals surface area contributed by atoms with E-state index in [0.717, 1.165) is 42.6 Å². The highest BCUT2D eigenvalue weighted by Gasteiger charge is 2.28. The molecule has 0 spiro atoms. The summed E-state index contributed by atoms with van der Waals surface area (Å²) in [5.74, 6) is 0.0440. The van der Waals surface area contributed by atoms with Crippen molar-refractivity contribution in [2.24, 2.45) is 10.4 Å². The molecule has 3 aliphatic rings. The van der Waals surface area contributed by atoms with Crippen LogP contribution in [0, 0.1) is 12.0 Å². The lowest BCUT2D eigenvalue weighted by atomic mass is 9.76. The molecule has 1 N–H and O–H groups in total. The van der Waals surface area contributed by atoms with Crippen molar-refractivity contribution in [3.05, 3.63) is 58.7 Å². The van der Waals surface area contributed by atoms with Crippen molar-refractivity contribution >= 4 is 22.9 Å². The standard InChI is InChI=1S/C29H38N4O2/c1-28(2)14-12-21(13-15-28)23-20-22(29(3,4)35-19-18-33-16-6-7-17-33)8-9-24(23)32-27(34)25-10-11-26(30-5)31-25/h8-9,11-12,20H,6-7,10,13-19H2,1-4H3,(H,32,34). The molecule has 1 aliphatic carbocycles. The van der Waals surface area contributed by atoms with Crippen LogP contribution in [0.2, 0.25) is 0 Å². The van der Waals surface area contributed by atoms with Crippen LogP contribution in [0.3, 0.4) is 0 Å². The van der Waals surface area contributed by atoms with E-state index in [1.54, 1.807) is 6.08 Å². The zero-order valence-corrected chi connectivity index (χ0v) is 21.6. The van der Waals surface area contributed by atoms with E-state index >= 15 is 0 Å². The number of likely N-dealkylation sites (tertiary alicyclic amines) is 1. The van der Waals surface area contributed by atoms with Gasteiger partial charge in [-0.3, -0.25) is 4.79 Å². The Bertz CT molecular complexity index is 1100. The third-order valence-electron chi connectivity index (χ3n) is 7.45. The lowest BCUT2D eigenvalue weighted by molar-refractivity contribution is -0.110. The third-order valence-corrected chi connectivity index (χ3v) is 7.45. The molecule has 2 heterocycles. The van der Waals surface area contributed by atoms with E-state index in [4.69, 9.17) is 11.3 Å². The van der Waals surface area contributed by atoms with Crippen molar-refractivity contribution in [2.45, 2.75) is 71.8 Å². The van der Waals surface area contributed by atoms with Crippen LogP contribution in [-0.2, 0) is 15.1 Å². The molecule has 0 atom stereocenters. The number of carbonyl (C=O) groups is 1. The Morgan fingerprint density at radius 2 is 2.03 bits per heavy atom. The normalized spacial score (nSPS) is 20.1. The minimum atomic E-state index is -0.435. The largest absolute Gasteiger partial charge is 0.370 e. The number of hydrogen-bond donors (Lipinski definition) is 1. The molecule has 0 bridgehead atoms. The van der Waals surface area contributed by atoms with Crippen molar-refractivity contribution < 1.29 is 9.53 Å². The van der Waals surface area contributed by atoms with Gasteiger partial charge in [-0.05, 0) is 87.7 Å². The molecule has 0 aromatic heterocycles. The molecule has 6 nitrogen and oxygen atoms in total. The molecule has 35 heavy (non-hydrogen) atoms. The monoisotopic (exact) mass is 474 g/mol. The fourth-order valence-electron chi connectivity index (χ4n) is 4.96. The van der Waals surface area contributed by atoms with Crippen LogP contribution >= 0.6 is 0 Å². The maximum atomic E-state index is 12.9. The van der Waals surface area contributed by atoms with E-state index in [9.17, 15) is 4.79 Å². The number of ether oxygens (including phenoxy) is 1. The van der Waals surface area contributed by atoms with Gasteiger partial charge in [0.25, 0.3) is 11.7 Å². The SMILES string of the molecule is [C-]#[N+]C1=CCC(C(=O)Nc2ccc(C(C)(C)OCCN3CCCC3)cc2C2=CCC(C)(C)CC2)=N1. The number of allylic oxidation sites excluding steroid dienone is 3. The Balaban J connectivity index is 1.56. The number of rotatable bonds is 8. The molecule has 0 radical (unpaired) electrons. The second-order valence-electron chi connectivity index (χ2n) is 11.2. The second kappa shape index (κ2) is 10.5. The first-order valence-electron chi connectivity index (χ1n) is 12.8. The van der Waals surface area contributed by atoms with Gasteiger partial charge in [0.2, 0.25) is 0 Å². The summed E-state index contributed by atoms with van der Waals surface area (Å²) in [6, 6.07) is 6.24. The first-order valence-corrected chi connectivity index (χ1v) is 12.8. The highest BCUT2D eigenvalue weighted by Crippen LogP contribution is 2.41. The minimum Gasteiger partial charge on any atom is -0.370 e. The topological polar surface area (TPSA) is 58.3 Å². The number of aliphatic imine (C=N–C) groups is 1. The molecule has 1 aromatic rings. The van der Waals surface area contributed by atoms with Crippen LogP contribution < -0.4 is 5.32 Å². The van der Waals surface area contributed by atoms with Crippen LogP contribution in [-0.4, -0.2) is 42.8 Å². The van der Waals surface area contributed by atoms with E-state index in [1.807, 2.05) is 6.07 Å². The van der Waals surface area contributed by atoms with Gasteiger partial charge < -0.3 is 19.8 Å². The van der Waals surface area contributed by atoms with Crippen LogP contribution in [0.5, 0.6) is 0 Å². The average molecular weight is 475 g/mol. The smallest absolute Gasteiger partial charge is 0.293 e. The predicted molar refractivity (Wildman–Crippen MR) is 142 cm³/mol. The van der Waals surface area contributed by atoms with Gasteiger partial charge >= 0.3 is 0 Å². The van der Waals surface area contributed by atoms with E-state index in [2.05, 4.69) is 66.0 Å². The van der Waals surface area contributed by atoms with Crippen molar-refractivity contribution in [1.29, 1.82) is 0 Å². The minimum absolute atomic E-state index is 0.244. The van der Waals surface area contributed by atoms with E-state index in [0.29, 0.717) is 24.2 Å². The Morgan fingerprint density at radius 3 is 2.69 bits per heavy atom. The lowest BCUT2D eigenvalue weighted by Gasteiger charge is -2.31. The number of nitrogens with zero attached hydrogens (tertiary/aromatic N) is 3. The van der Waals surface area contributed by atoms with Crippen LogP contribution in [0.1, 0.15) is 77.3 Å². The van der Waals surface area contributed by atoms with Gasteiger partial charge in [-0.15, -0.1) is 4.99 Å². The fourth-order valence-corrected chi connectivity index (χ4v) is 4.96. The van der Waals surface area contributed by atoms with Gasteiger partial charge in [0, 0.05) is 24.2 Å². The van der Waals surface area contributed by atoms with Gasteiger partial charge in [0.05, 0.1) is 12.2 Å². The number of anilines is 1. The maximum absolute atomic E-state index is 12.9. The van der Waals surface area contributed by atoms with Gasteiger partial charge in [0.1, 0.15) is 0 Å². The first-order chi connectivity index (χ1) is 16.7. The van der Waals surface area contributed by atoms with Gasteiger partial charge in [0.15, 0.2) is 5.71 Å². The van der Waals surface area contributed by atoms with Crippen LogP contribution in [0.15, 0.2) is 41.2 Å². The molecule has 1 amide bonds. The molecule has 0 unspecified atom stereocenters. The predicted octanol–water partition coefficient (Wildman–Crippen LogP) is 6.17. The first kappa shape index (κ1) is 25.3. The third kappa shape index (κ3) is 6.28. The summed E-state index contributed by atoms with van der Waals surface area (Å²) in [7, 11) is 0. The summed E-state index contributed by atoms with van der Waals surface area (Å²) in [4.78, 5) is 22.9. The van der Waals surface area contributed by atoms with Gasteiger partial charge in [-0.2, -0.15) is 0 Å². The van der Waals surface area contributed by atoms with E-state index in [-0.39, 0.29) is 11.7 Å². The Labute approximate surface area is 210 Å². The van der Waals surface area contributed by atoms with Gasteiger partial charge in [-0.1, -0.05) is 38.6 Å². The quantitative estimate of drug-likeness (QED) is 0.458. The van der Waals surface area contributed by atoms with Gasteiger partial charge in [-0.25, -0.2) is 0 Å². The number of amides is 1. The zero-order chi connectivity index (χ0) is 25.1. The summed E-state index contributed by atoms with van der Waals surface area (Å²) >= 11 is 0. The summed E-state index contributed by atoms with van der Waals surface area (Å²) in [6.45, 7) is 20.0. The molecule has 0 saturated carbocycles. The van der Waals surface area contributed by atoms with Crippen molar-refractivity contribution in [3.63, 3.8) is 0 Å². The summed E-state index contributed by atoms with van der Waals surface area (Å²) in [6.07, 6.45) is 10.1. The van der Waals surface area contributed by atoms with Crippen molar-refractivity contribution in [3.8, 4) is 0 Å². The number of hydrogen-bond acceptors (Lipinski definition) is 4. The molecule has 1 saturated heterocycles. The average Bonchev–Trinajstić information content (AvgIpc) is 3.51. The molecular formula is C29H38N4O2. The fraction of sp³-hybridized carbons (Fsp3) is 0.552. The van der Waals surface area contributed by atoms with E-state index in [1.165, 1.54) is 31.5 Å². The van der Waals surface area contributed by atoms with Crippen LogP contribution in [0.25, 0.3) is 10.4 Å². The summed E-state index contributed by atoms with van der Waals surface area (Å²) < 4.78 is 6.38. The molecule has 2 aliphatic heterocycles. The Kier molecular flexibility index (Phi) is 7.59. The van der Waals surface area contributed by atoms with Crippen LogP contribution in [0.4, 0.5) is 5.69 Å². The molecule has 186 valence electrons. The molecule has 4 rings (SSSR count). The molecule has 1 fully saturated rings. The molecular weight excluding hydrogens is 436 g/mol. The van der Waals surface area contributed by atoms with Crippen molar-refractivity contribution in [2.75, 3.05) is 31.6 Å². The Morgan fingerprint density at radius 1 is 1.26 bits per heavy atom. The number of benzene rings is 1. The summed E-state index contributed by atoms with van der Waals surface area (Å²) in [5, 5.41) is 3.08. The lowest BCUT2D eigenvalue weighted by Crippen LogP contribution is -2.29. The van der Waals surface area contributed by atoms with E-state index < -0.39 is 5.60 Å². The van der Waals surface area contributed by atoms with Crippen molar-refractivity contribution in [1.82, 2.24) is 4.90 Å². The number of carbonyl (C=O) groups excluding carboxylic acids is 1. The highest BCUT2D eigenvalue weighted by molar-refractivity contribution is 6.44. The second-order valence-corrected chi connectivity index (χ2v) is 11.2. The molecule has 1 aromatic carbocycles. The Hall–Kier alpha value is -2.75. The highest BCUT2D eigenvalue weighted by atomic mass is 16.5. The number of nitrogens with one attached hydrogen (secondary N) is 1. The summed E-state index contributed by atoms with van der Waals surface area (Å²) in [5.41, 5.74) is 4.46. The molecule has 6 heteroatoms.